The third kappa shape index (κ3) is 5.02. The lowest BCUT2D eigenvalue weighted by molar-refractivity contribution is -0.130. The van der Waals surface area contributed by atoms with Gasteiger partial charge in [0.25, 0.3) is 22.4 Å². The van der Waals surface area contributed by atoms with Gasteiger partial charge >= 0.3 is 0 Å². The molecule has 44 heavy (non-hydrogen) atoms. The highest BCUT2D eigenvalue weighted by Gasteiger charge is 2.61. The molecule has 0 bridgehead atoms. The van der Waals surface area contributed by atoms with Crippen molar-refractivity contribution in [1.29, 1.82) is 0 Å². The molecule has 3 aliphatic rings. The molecule has 3 aromatic rings. The van der Waals surface area contributed by atoms with E-state index in [2.05, 4.69) is 5.32 Å². The molecule has 1 atom stereocenters. The van der Waals surface area contributed by atoms with Crippen LogP contribution >= 0.6 is 0 Å². The third-order valence-electron chi connectivity index (χ3n) is 9.19. The van der Waals surface area contributed by atoms with Gasteiger partial charge in [-0.05, 0) is 73.6 Å². The average Bonchev–Trinajstić information content (AvgIpc) is 3.79. The Hall–Kier alpha value is -3.93. The zero-order chi connectivity index (χ0) is 31.4. The van der Waals surface area contributed by atoms with E-state index in [1.54, 1.807) is 11.0 Å². The molecule has 0 radical (unpaired) electrons. The number of piperidine rings is 1. The van der Waals surface area contributed by atoms with Crippen LogP contribution in [0.1, 0.15) is 66.1 Å². The number of carbonyl (C=O) groups excluding carboxylic acids is 2. The highest BCUT2D eigenvalue weighted by Crippen LogP contribution is 2.59. The molecule has 1 saturated carbocycles. The largest absolute Gasteiger partial charge is 0.348 e. The van der Waals surface area contributed by atoms with Crippen molar-refractivity contribution in [2.24, 2.45) is 5.92 Å². The van der Waals surface area contributed by atoms with Gasteiger partial charge in [0.1, 0.15) is 11.6 Å². The van der Waals surface area contributed by atoms with Gasteiger partial charge in [-0.2, -0.15) is 0 Å². The molecular formula is C32H31F4N3O4S. The van der Waals surface area contributed by atoms with E-state index in [4.69, 9.17) is 0 Å². The average molecular weight is 630 g/mol. The maximum atomic E-state index is 16.8. The molecule has 1 saturated heterocycles. The van der Waals surface area contributed by atoms with Gasteiger partial charge in [0.2, 0.25) is 5.91 Å². The smallest absolute Gasteiger partial charge is 0.264 e. The zero-order valence-corrected chi connectivity index (χ0v) is 24.7. The molecule has 2 aliphatic heterocycles. The second kappa shape index (κ2) is 11.2. The number of halogens is 4. The highest BCUT2D eigenvalue weighted by atomic mass is 32.2. The molecule has 7 nitrogen and oxygen atoms in total. The maximum absolute atomic E-state index is 16.8. The normalized spacial score (nSPS) is 19.4. The number of fused-ring (bicyclic) bond motifs is 2. The summed E-state index contributed by atoms with van der Waals surface area (Å²) in [6.45, 7) is 1.75. The predicted octanol–water partition coefficient (Wildman–Crippen LogP) is 5.70. The van der Waals surface area contributed by atoms with Crippen molar-refractivity contribution in [2.75, 3.05) is 17.4 Å². The molecular weight excluding hydrogens is 598 g/mol. The van der Waals surface area contributed by atoms with Crippen LogP contribution in [0.25, 0.3) is 0 Å². The number of alkyl halides is 2. The number of hydrogen-bond donors (Lipinski definition) is 1. The summed E-state index contributed by atoms with van der Waals surface area (Å²) in [6.07, 6.45) is -0.746. The monoisotopic (exact) mass is 629 g/mol. The molecule has 1 aliphatic carbocycles. The van der Waals surface area contributed by atoms with Crippen LogP contribution in [0.4, 0.5) is 23.2 Å². The van der Waals surface area contributed by atoms with Crippen molar-refractivity contribution in [3.8, 4) is 0 Å². The topological polar surface area (TPSA) is 86.8 Å². The molecule has 1 spiro atoms. The van der Waals surface area contributed by atoms with E-state index < -0.39 is 45.4 Å². The summed E-state index contributed by atoms with van der Waals surface area (Å²) in [7, 11) is -4.29. The molecule has 0 aromatic heterocycles. The number of likely N-dealkylation sites (tertiary alicyclic amines) is 1. The Labute approximate surface area is 252 Å². The fraction of sp³-hybridized carbons (Fsp3) is 0.375. The fourth-order valence-corrected chi connectivity index (χ4v) is 8.71. The van der Waals surface area contributed by atoms with Crippen LogP contribution in [0.15, 0.2) is 65.6 Å². The van der Waals surface area contributed by atoms with Gasteiger partial charge in [0.15, 0.2) is 0 Å². The first-order valence-corrected chi connectivity index (χ1v) is 15.9. The zero-order valence-electron chi connectivity index (χ0n) is 23.9. The summed E-state index contributed by atoms with van der Waals surface area (Å²) < 4.78 is 87.1. The number of hydrogen-bond acceptors (Lipinski definition) is 4. The summed E-state index contributed by atoms with van der Waals surface area (Å²) in [4.78, 5) is 27.0. The molecule has 1 unspecified atom stereocenters. The molecule has 3 aromatic carbocycles. The van der Waals surface area contributed by atoms with Crippen LogP contribution < -0.4 is 9.62 Å². The lowest BCUT2D eigenvalue weighted by atomic mass is 9.67. The number of benzene rings is 3. The van der Waals surface area contributed by atoms with E-state index in [9.17, 15) is 31.2 Å². The van der Waals surface area contributed by atoms with Crippen LogP contribution in [0.5, 0.6) is 0 Å². The van der Waals surface area contributed by atoms with Crippen LogP contribution in [0.3, 0.4) is 0 Å². The minimum absolute atomic E-state index is 0.0796. The summed E-state index contributed by atoms with van der Waals surface area (Å²) in [6, 6.07) is 12.2. The second-order valence-electron chi connectivity index (χ2n) is 11.7. The van der Waals surface area contributed by atoms with Crippen molar-refractivity contribution in [2.45, 2.75) is 61.9 Å². The first-order chi connectivity index (χ1) is 21.0. The number of amides is 2. The number of nitrogens with zero attached hydrogens (tertiary/aromatic N) is 2. The Kier molecular flexibility index (Phi) is 7.67. The lowest BCUT2D eigenvalue weighted by Gasteiger charge is -2.45. The Morgan fingerprint density at radius 2 is 1.64 bits per heavy atom. The standard InChI is InChI=1S/C32H31F4N3O4S/c1-19(40)38-16-14-32(15-17-38)27-26(39(29(32)20-6-7-20)44(42,43)23-10-8-22(33)9-11-23)13-12-25(28(27)34)31(41)37-18-21-4-2-3-5-24(21)30(35)36/h2-5,8-13,20,29-30H,6-7,14-18H2,1H3,(H,37,41). The number of rotatable bonds is 7. The Balaban J connectivity index is 1.44. The van der Waals surface area contributed by atoms with Crippen molar-refractivity contribution in [3.05, 3.63) is 94.6 Å². The number of nitrogens with one attached hydrogen (secondary N) is 1. The summed E-state index contributed by atoms with van der Waals surface area (Å²) in [5.41, 5.74) is -1.20. The van der Waals surface area contributed by atoms with E-state index >= 15 is 4.39 Å². The third-order valence-corrected chi connectivity index (χ3v) is 11.0. The van der Waals surface area contributed by atoms with Crippen LogP contribution in [0, 0.1) is 17.6 Å². The Morgan fingerprint density at radius 3 is 2.25 bits per heavy atom. The van der Waals surface area contributed by atoms with Gasteiger partial charge in [-0.25, -0.2) is 26.0 Å². The fourth-order valence-electron chi connectivity index (χ4n) is 6.92. The summed E-state index contributed by atoms with van der Waals surface area (Å²) >= 11 is 0. The van der Waals surface area contributed by atoms with Crippen molar-refractivity contribution in [3.63, 3.8) is 0 Å². The molecule has 12 heteroatoms. The van der Waals surface area contributed by atoms with Crippen molar-refractivity contribution < 1.29 is 35.6 Å². The highest BCUT2D eigenvalue weighted by molar-refractivity contribution is 7.92. The molecule has 232 valence electrons. The first-order valence-electron chi connectivity index (χ1n) is 14.5. The first kappa shape index (κ1) is 30.1. The van der Waals surface area contributed by atoms with Gasteiger partial charge in [-0.3, -0.25) is 13.9 Å². The van der Waals surface area contributed by atoms with E-state index in [0.717, 1.165) is 25.0 Å². The van der Waals surface area contributed by atoms with Crippen molar-refractivity contribution >= 4 is 27.5 Å². The van der Waals surface area contributed by atoms with Crippen molar-refractivity contribution in [1.82, 2.24) is 10.2 Å². The Morgan fingerprint density at radius 1 is 0.977 bits per heavy atom. The molecule has 1 N–H and O–H groups in total. The summed E-state index contributed by atoms with van der Waals surface area (Å²) in [5, 5.41) is 2.54. The van der Waals surface area contributed by atoms with Gasteiger partial charge in [-0.1, -0.05) is 24.3 Å². The number of carbonyl (C=O) groups is 2. The molecule has 2 heterocycles. The maximum Gasteiger partial charge on any atom is 0.264 e. The predicted molar refractivity (Wildman–Crippen MR) is 155 cm³/mol. The van der Waals surface area contributed by atoms with E-state index in [1.807, 2.05) is 0 Å². The van der Waals surface area contributed by atoms with E-state index in [0.29, 0.717) is 0 Å². The SMILES string of the molecule is CC(=O)N1CCC2(CC1)c1c(ccc(C(=O)NCc3ccccc3C(F)F)c1F)N(S(=O)(=O)c1ccc(F)cc1)C2C1CC1. The molecule has 2 amide bonds. The quantitative estimate of drug-likeness (QED) is 0.340. The van der Waals surface area contributed by atoms with Crippen LogP contribution in [0.2, 0.25) is 0 Å². The lowest BCUT2D eigenvalue weighted by Crippen LogP contribution is -2.54. The minimum atomic E-state index is -4.29. The summed E-state index contributed by atoms with van der Waals surface area (Å²) in [5.74, 6) is -2.52. The van der Waals surface area contributed by atoms with E-state index in [-0.39, 0.29) is 77.1 Å². The Bertz CT molecular complexity index is 1720. The molecule has 2 fully saturated rings. The van der Waals surface area contributed by atoms with Crippen LogP contribution in [-0.4, -0.2) is 44.3 Å². The van der Waals surface area contributed by atoms with Gasteiger partial charge in [0.05, 0.1) is 22.2 Å². The number of anilines is 1. The minimum Gasteiger partial charge on any atom is -0.348 e. The number of sulfonamides is 1. The van der Waals surface area contributed by atoms with Crippen LogP contribution in [-0.2, 0) is 26.8 Å². The van der Waals surface area contributed by atoms with Gasteiger partial charge < -0.3 is 10.2 Å². The molecule has 6 rings (SSSR count). The second-order valence-corrected chi connectivity index (χ2v) is 13.5. The van der Waals surface area contributed by atoms with E-state index in [1.165, 1.54) is 53.7 Å². The van der Waals surface area contributed by atoms with Gasteiger partial charge in [0, 0.05) is 43.1 Å². The van der Waals surface area contributed by atoms with Gasteiger partial charge in [-0.15, -0.1) is 0 Å².